The van der Waals surface area contributed by atoms with Crippen LogP contribution in [-0.2, 0) is 12.8 Å². The van der Waals surface area contributed by atoms with Crippen LogP contribution in [0, 0.1) is 0 Å². The number of benzene rings is 2. The van der Waals surface area contributed by atoms with Crippen molar-refractivity contribution in [3.63, 3.8) is 0 Å². The van der Waals surface area contributed by atoms with Crippen LogP contribution in [0.2, 0.25) is 0 Å². The predicted molar refractivity (Wildman–Crippen MR) is 113 cm³/mol. The Bertz CT molecular complexity index is 1090. The zero-order chi connectivity index (χ0) is 20.4. The van der Waals surface area contributed by atoms with E-state index in [1.807, 2.05) is 35.0 Å². The second kappa shape index (κ2) is 8.08. The van der Waals surface area contributed by atoms with Crippen LogP contribution in [0.1, 0.15) is 33.7 Å². The van der Waals surface area contributed by atoms with E-state index in [-0.39, 0.29) is 11.7 Å². The molecule has 7 nitrogen and oxygen atoms in total. The van der Waals surface area contributed by atoms with E-state index in [4.69, 9.17) is 4.74 Å². The van der Waals surface area contributed by atoms with E-state index >= 15 is 0 Å². The van der Waals surface area contributed by atoms with Crippen molar-refractivity contribution in [1.82, 2.24) is 15.2 Å². The first-order valence-corrected chi connectivity index (χ1v) is 9.94. The highest BCUT2D eigenvalue weighted by atomic mass is 79.9. The van der Waals surface area contributed by atoms with Crippen molar-refractivity contribution < 1.29 is 14.6 Å². The Hall–Kier alpha value is -3.13. The molecule has 0 spiro atoms. The second-order valence-corrected chi connectivity index (χ2v) is 7.54. The van der Waals surface area contributed by atoms with E-state index in [1.54, 1.807) is 12.1 Å². The topological polar surface area (TPSA) is 88.7 Å². The van der Waals surface area contributed by atoms with Crippen molar-refractivity contribution in [3.8, 4) is 17.2 Å². The monoisotopic (exact) mass is 454 g/mol. The van der Waals surface area contributed by atoms with Gasteiger partial charge in [0.05, 0.1) is 19.0 Å². The smallest absolute Gasteiger partial charge is 0.292 e. The van der Waals surface area contributed by atoms with Crippen LogP contribution in [0.3, 0.4) is 0 Å². The van der Waals surface area contributed by atoms with Crippen LogP contribution < -0.4 is 10.2 Å². The van der Waals surface area contributed by atoms with Gasteiger partial charge in [-0.3, -0.25) is 4.79 Å². The summed E-state index contributed by atoms with van der Waals surface area (Å²) < 4.78 is 7.68. The summed E-state index contributed by atoms with van der Waals surface area (Å²) in [5.41, 5.74) is 6.28. The molecule has 1 aromatic heterocycles. The SMILES string of the molecule is COc1cc(Br)cc(/C=N/NC(=O)c2nn(-c3ccccc3)c3c2CCC3)c1O. The Morgan fingerprint density at radius 1 is 1.31 bits per heavy atom. The van der Waals surface area contributed by atoms with E-state index in [9.17, 15) is 9.90 Å². The molecule has 1 aliphatic carbocycles. The first kappa shape index (κ1) is 19.2. The third-order valence-electron chi connectivity index (χ3n) is 4.80. The average molecular weight is 455 g/mol. The van der Waals surface area contributed by atoms with Crippen LogP contribution in [0.4, 0.5) is 0 Å². The first-order chi connectivity index (χ1) is 14.1. The number of hydrazone groups is 1. The van der Waals surface area contributed by atoms with Crippen LogP contribution >= 0.6 is 15.9 Å². The molecular formula is C21H19BrN4O3. The molecule has 2 N–H and O–H groups in total. The van der Waals surface area contributed by atoms with Crippen LogP contribution in [0.5, 0.6) is 11.5 Å². The van der Waals surface area contributed by atoms with E-state index in [1.165, 1.54) is 13.3 Å². The minimum atomic E-state index is -0.379. The van der Waals surface area contributed by atoms with Gasteiger partial charge in [-0.25, -0.2) is 10.1 Å². The second-order valence-electron chi connectivity index (χ2n) is 6.62. The molecule has 1 heterocycles. The fourth-order valence-electron chi connectivity index (χ4n) is 3.46. The number of rotatable bonds is 5. The number of nitrogens with zero attached hydrogens (tertiary/aromatic N) is 3. The average Bonchev–Trinajstić information content (AvgIpc) is 3.33. The number of aromatic hydroxyl groups is 1. The standard InChI is InChI=1S/C21H19BrN4O3/c1-29-18-11-14(22)10-13(20(18)27)12-23-24-21(28)19-16-8-5-9-17(16)26(25-19)15-6-3-2-4-7-15/h2-4,6-7,10-12,27H,5,8-9H2,1H3,(H,24,28)/b23-12+. The lowest BCUT2D eigenvalue weighted by Gasteiger charge is -2.06. The Morgan fingerprint density at radius 2 is 2.10 bits per heavy atom. The molecule has 8 heteroatoms. The van der Waals surface area contributed by atoms with E-state index in [0.717, 1.165) is 40.7 Å². The minimum absolute atomic E-state index is 0.0528. The van der Waals surface area contributed by atoms with Crippen molar-refractivity contribution in [3.05, 3.63) is 69.5 Å². The number of hydrogen-bond acceptors (Lipinski definition) is 5. The summed E-state index contributed by atoms with van der Waals surface area (Å²) in [6.45, 7) is 0. The molecule has 0 saturated carbocycles. The van der Waals surface area contributed by atoms with Gasteiger partial charge in [0.2, 0.25) is 0 Å². The third-order valence-corrected chi connectivity index (χ3v) is 5.26. The number of methoxy groups -OCH3 is 1. The fraction of sp³-hybridized carbons (Fsp3) is 0.190. The molecule has 0 atom stereocenters. The highest BCUT2D eigenvalue weighted by molar-refractivity contribution is 9.10. The van der Waals surface area contributed by atoms with Gasteiger partial charge >= 0.3 is 0 Å². The molecule has 3 aromatic rings. The lowest BCUT2D eigenvalue weighted by molar-refractivity contribution is 0.0949. The number of nitrogens with one attached hydrogen (secondary N) is 1. The van der Waals surface area contributed by atoms with Gasteiger partial charge in [0, 0.05) is 21.3 Å². The van der Waals surface area contributed by atoms with E-state index < -0.39 is 0 Å². The van der Waals surface area contributed by atoms with Gasteiger partial charge in [0.1, 0.15) is 0 Å². The zero-order valence-electron chi connectivity index (χ0n) is 15.7. The van der Waals surface area contributed by atoms with Crippen LogP contribution in [0.25, 0.3) is 5.69 Å². The van der Waals surface area contributed by atoms with E-state index in [2.05, 4.69) is 31.6 Å². The van der Waals surface area contributed by atoms with Crippen molar-refractivity contribution in [2.24, 2.45) is 5.10 Å². The summed E-state index contributed by atoms with van der Waals surface area (Å²) >= 11 is 3.35. The molecule has 0 radical (unpaired) electrons. The maximum Gasteiger partial charge on any atom is 0.292 e. The summed E-state index contributed by atoms with van der Waals surface area (Å²) in [5, 5.41) is 18.7. The highest BCUT2D eigenvalue weighted by Crippen LogP contribution is 2.32. The summed E-state index contributed by atoms with van der Waals surface area (Å²) in [6.07, 6.45) is 4.07. The number of amides is 1. The summed E-state index contributed by atoms with van der Waals surface area (Å²) in [7, 11) is 1.47. The molecule has 2 aromatic carbocycles. The van der Waals surface area contributed by atoms with Crippen LogP contribution in [0.15, 0.2) is 52.0 Å². The number of para-hydroxylation sites is 1. The Morgan fingerprint density at radius 3 is 2.86 bits per heavy atom. The van der Waals surface area contributed by atoms with Crippen molar-refractivity contribution >= 4 is 28.1 Å². The molecule has 4 rings (SSSR count). The normalized spacial score (nSPS) is 12.9. The molecule has 29 heavy (non-hydrogen) atoms. The molecule has 0 unspecified atom stereocenters. The third kappa shape index (κ3) is 3.75. The molecule has 0 bridgehead atoms. The van der Waals surface area contributed by atoms with Gasteiger partial charge in [-0.15, -0.1) is 0 Å². The minimum Gasteiger partial charge on any atom is -0.504 e. The largest absolute Gasteiger partial charge is 0.504 e. The number of carbonyl (C=O) groups is 1. The van der Waals surface area contributed by atoms with Crippen molar-refractivity contribution in [2.75, 3.05) is 7.11 Å². The number of aromatic nitrogens is 2. The highest BCUT2D eigenvalue weighted by Gasteiger charge is 2.26. The van der Waals surface area contributed by atoms with Crippen molar-refractivity contribution in [1.29, 1.82) is 0 Å². The predicted octanol–water partition coefficient (Wildman–Crippen LogP) is 3.60. The number of hydrogen-bond donors (Lipinski definition) is 2. The summed E-state index contributed by atoms with van der Waals surface area (Å²) in [4.78, 5) is 12.7. The molecule has 148 valence electrons. The number of halogens is 1. The molecule has 1 aliphatic rings. The molecular weight excluding hydrogens is 436 g/mol. The first-order valence-electron chi connectivity index (χ1n) is 9.14. The molecule has 0 saturated heterocycles. The van der Waals surface area contributed by atoms with Gasteiger partial charge < -0.3 is 9.84 Å². The molecule has 1 amide bonds. The molecule has 0 aliphatic heterocycles. The van der Waals surface area contributed by atoms with Crippen molar-refractivity contribution in [2.45, 2.75) is 19.3 Å². The lowest BCUT2D eigenvalue weighted by Crippen LogP contribution is -2.20. The lowest BCUT2D eigenvalue weighted by atomic mass is 10.2. The maximum atomic E-state index is 12.7. The quantitative estimate of drug-likeness (QED) is 0.455. The number of fused-ring (bicyclic) bond motifs is 1. The Balaban J connectivity index is 1.58. The van der Waals surface area contributed by atoms with Gasteiger partial charge in [-0.05, 0) is 43.5 Å². The number of phenols is 1. The Kier molecular flexibility index (Phi) is 5.35. The van der Waals surface area contributed by atoms with Gasteiger partial charge in [0.15, 0.2) is 17.2 Å². The number of carbonyl (C=O) groups excluding carboxylic acids is 1. The van der Waals surface area contributed by atoms with Gasteiger partial charge in [-0.1, -0.05) is 34.1 Å². The Labute approximate surface area is 176 Å². The fourth-order valence-corrected chi connectivity index (χ4v) is 3.92. The maximum absolute atomic E-state index is 12.7. The zero-order valence-corrected chi connectivity index (χ0v) is 17.3. The summed E-state index contributed by atoms with van der Waals surface area (Å²) in [5.74, 6) is -0.120. The number of phenolic OH excluding ortho intramolecular Hbond substituents is 1. The summed E-state index contributed by atoms with van der Waals surface area (Å²) in [6, 6.07) is 13.1. The number of ether oxygens (including phenoxy) is 1. The van der Waals surface area contributed by atoms with Crippen LogP contribution in [-0.4, -0.2) is 34.1 Å². The van der Waals surface area contributed by atoms with E-state index in [0.29, 0.717) is 17.0 Å². The van der Waals surface area contributed by atoms with Gasteiger partial charge in [-0.2, -0.15) is 10.2 Å². The van der Waals surface area contributed by atoms with Gasteiger partial charge in [0.25, 0.3) is 5.91 Å². The molecule has 0 fully saturated rings.